The predicted molar refractivity (Wildman–Crippen MR) is 76.9 cm³/mol. The van der Waals surface area contributed by atoms with Gasteiger partial charge in [0, 0.05) is 18.5 Å². The molecular weight excluding hydrogens is 234 g/mol. The normalized spacial score (nSPS) is 22.3. The third-order valence-corrected chi connectivity index (χ3v) is 5.00. The second-order valence-electron chi connectivity index (χ2n) is 6.65. The van der Waals surface area contributed by atoms with Crippen LogP contribution in [0.25, 0.3) is 0 Å². The van der Waals surface area contributed by atoms with Crippen molar-refractivity contribution in [3.63, 3.8) is 0 Å². The lowest BCUT2D eigenvalue weighted by molar-refractivity contribution is -0.132. The van der Waals surface area contributed by atoms with Crippen LogP contribution >= 0.6 is 0 Å². The van der Waals surface area contributed by atoms with Gasteiger partial charge < -0.3 is 4.90 Å². The molecule has 0 radical (unpaired) electrons. The summed E-state index contributed by atoms with van der Waals surface area (Å²) in [5.74, 6) is 0.845. The van der Waals surface area contributed by atoms with Crippen molar-refractivity contribution in [2.75, 3.05) is 13.1 Å². The van der Waals surface area contributed by atoms with E-state index in [1.165, 1.54) is 43.2 Å². The SMILES string of the molecule is Cc1cccc(CC2CCC3(CC2)CN(C=O)C3)c1. The van der Waals surface area contributed by atoms with Crippen molar-refractivity contribution in [2.45, 2.75) is 39.0 Å². The highest BCUT2D eigenvalue weighted by Gasteiger charge is 2.44. The fraction of sp³-hybridized carbons (Fsp3) is 0.588. The lowest BCUT2D eigenvalue weighted by Crippen LogP contribution is -2.56. The van der Waals surface area contributed by atoms with Crippen molar-refractivity contribution in [3.8, 4) is 0 Å². The Morgan fingerprint density at radius 3 is 2.68 bits per heavy atom. The molecule has 1 aliphatic heterocycles. The number of hydrogen-bond acceptors (Lipinski definition) is 1. The number of rotatable bonds is 3. The van der Waals surface area contributed by atoms with Gasteiger partial charge in [0.15, 0.2) is 0 Å². The zero-order valence-electron chi connectivity index (χ0n) is 11.8. The lowest BCUT2D eigenvalue weighted by atomic mass is 9.65. The van der Waals surface area contributed by atoms with Gasteiger partial charge in [-0.05, 0) is 50.5 Å². The van der Waals surface area contributed by atoms with Crippen LogP contribution in [0.4, 0.5) is 0 Å². The molecule has 0 atom stereocenters. The number of aryl methyl sites for hydroxylation is 1. The number of amides is 1. The molecule has 2 heteroatoms. The van der Waals surface area contributed by atoms with E-state index < -0.39 is 0 Å². The smallest absolute Gasteiger partial charge is 0.209 e. The molecule has 2 fully saturated rings. The van der Waals surface area contributed by atoms with Gasteiger partial charge in [0.25, 0.3) is 0 Å². The average molecular weight is 257 g/mol. The van der Waals surface area contributed by atoms with Gasteiger partial charge in [-0.2, -0.15) is 0 Å². The average Bonchev–Trinajstić information content (AvgIpc) is 2.37. The summed E-state index contributed by atoms with van der Waals surface area (Å²) < 4.78 is 0. The van der Waals surface area contributed by atoms with Crippen LogP contribution in [0.5, 0.6) is 0 Å². The third kappa shape index (κ3) is 2.68. The Morgan fingerprint density at radius 1 is 1.32 bits per heavy atom. The molecule has 0 unspecified atom stereocenters. The van der Waals surface area contributed by atoms with E-state index in [4.69, 9.17) is 0 Å². The highest BCUT2D eigenvalue weighted by atomic mass is 16.1. The molecule has 0 bridgehead atoms. The minimum Gasteiger partial charge on any atom is -0.344 e. The maximum absolute atomic E-state index is 10.7. The van der Waals surface area contributed by atoms with E-state index in [9.17, 15) is 4.79 Å². The van der Waals surface area contributed by atoms with Gasteiger partial charge in [-0.25, -0.2) is 0 Å². The molecule has 1 amide bonds. The lowest BCUT2D eigenvalue weighted by Gasteiger charge is -2.52. The van der Waals surface area contributed by atoms with Crippen molar-refractivity contribution in [3.05, 3.63) is 35.4 Å². The van der Waals surface area contributed by atoms with E-state index in [2.05, 4.69) is 31.2 Å². The maximum Gasteiger partial charge on any atom is 0.209 e. The molecule has 1 aromatic rings. The predicted octanol–water partition coefficient (Wildman–Crippen LogP) is 3.19. The second kappa shape index (κ2) is 4.99. The summed E-state index contributed by atoms with van der Waals surface area (Å²) in [6, 6.07) is 8.92. The zero-order valence-corrected chi connectivity index (χ0v) is 11.8. The summed E-state index contributed by atoms with van der Waals surface area (Å²) in [5.41, 5.74) is 3.35. The molecule has 2 aliphatic rings. The second-order valence-corrected chi connectivity index (χ2v) is 6.65. The third-order valence-electron chi connectivity index (χ3n) is 5.00. The first kappa shape index (κ1) is 12.7. The number of carbonyl (C=O) groups excluding carboxylic acids is 1. The van der Waals surface area contributed by atoms with E-state index in [0.29, 0.717) is 5.41 Å². The first-order valence-electron chi connectivity index (χ1n) is 7.44. The standard InChI is InChI=1S/C17H23NO/c1-14-3-2-4-16(9-14)10-15-5-7-17(8-6-15)11-18(12-17)13-19/h2-4,9,13,15H,5-8,10-12H2,1H3. The molecule has 1 saturated heterocycles. The summed E-state index contributed by atoms with van der Waals surface area (Å²) >= 11 is 0. The molecule has 102 valence electrons. The topological polar surface area (TPSA) is 20.3 Å². The molecule has 1 spiro atoms. The van der Waals surface area contributed by atoms with Crippen LogP contribution in [0.2, 0.25) is 0 Å². The van der Waals surface area contributed by atoms with E-state index >= 15 is 0 Å². The highest BCUT2D eigenvalue weighted by Crippen LogP contribution is 2.45. The number of carbonyl (C=O) groups is 1. The molecule has 1 saturated carbocycles. The van der Waals surface area contributed by atoms with Crippen LogP contribution < -0.4 is 0 Å². The van der Waals surface area contributed by atoms with Crippen molar-refractivity contribution < 1.29 is 4.79 Å². The molecule has 3 rings (SSSR count). The van der Waals surface area contributed by atoms with Crippen LogP contribution in [0, 0.1) is 18.3 Å². The minimum absolute atomic E-state index is 0.490. The Balaban J connectivity index is 1.52. The number of benzene rings is 1. The number of likely N-dealkylation sites (tertiary alicyclic amines) is 1. The molecule has 1 aliphatic carbocycles. The number of nitrogens with zero attached hydrogens (tertiary/aromatic N) is 1. The van der Waals surface area contributed by atoms with Crippen LogP contribution in [-0.4, -0.2) is 24.4 Å². The summed E-state index contributed by atoms with van der Waals surface area (Å²) in [4.78, 5) is 12.6. The molecule has 0 aromatic heterocycles. The molecule has 19 heavy (non-hydrogen) atoms. The van der Waals surface area contributed by atoms with Gasteiger partial charge >= 0.3 is 0 Å². The van der Waals surface area contributed by atoms with E-state index in [1.54, 1.807) is 0 Å². The first-order chi connectivity index (χ1) is 9.19. The summed E-state index contributed by atoms with van der Waals surface area (Å²) in [6.07, 6.45) is 7.53. The zero-order chi connectivity index (χ0) is 13.3. The van der Waals surface area contributed by atoms with Crippen molar-refractivity contribution in [2.24, 2.45) is 11.3 Å². The van der Waals surface area contributed by atoms with Crippen LogP contribution in [0.1, 0.15) is 36.8 Å². The minimum atomic E-state index is 0.490. The summed E-state index contributed by atoms with van der Waals surface area (Å²) in [5, 5.41) is 0. The Kier molecular flexibility index (Phi) is 3.34. The monoisotopic (exact) mass is 257 g/mol. The summed E-state index contributed by atoms with van der Waals surface area (Å²) in [6.45, 7) is 4.18. The fourth-order valence-electron chi connectivity index (χ4n) is 3.87. The van der Waals surface area contributed by atoms with Gasteiger partial charge in [-0.15, -0.1) is 0 Å². The first-order valence-corrected chi connectivity index (χ1v) is 7.44. The molecule has 0 N–H and O–H groups in total. The van der Waals surface area contributed by atoms with Gasteiger partial charge in [0.2, 0.25) is 6.41 Å². The molecular formula is C17H23NO. The van der Waals surface area contributed by atoms with Gasteiger partial charge in [0.05, 0.1) is 0 Å². The quantitative estimate of drug-likeness (QED) is 0.762. The fourth-order valence-corrected chi connectivity index (χ4v) is 3.87. The van der Waals surface area contributed by atoms with Gasteiger partial charge in [-0.1, -0.05) is 29.8 Å². The van der Waals surface area contributed by atoms with Crippen molar-refractivity contribution in [1.82, 2.24) is 4.90 Å². The van der Waals surface area contributed by atoms with Gasteiger partial charge in [-0.3, -0.25) is 4.79 Å². The maximum atomic E-state index is 10.7. The van der Waals surface area contributed by atoms with E-state index in [0.717, 1.165) is 25.4 Å². The molecule has 1 aromatic carbocycles. The van der Waals surface area contributed by atoms with Crippen LogP contribution in [0.3, 0.4) is 0 Å². The Labute approximate surface area is 115 Å². The van der Waals surface area contributed by atoms with Crippen molar-refractivity contribution in [1.29, 1.82) is 0 Å². The highest BCUT2D eigenvalue weighted by molar-refractivity contribution is 5.49. The van der Waals surface area contributed by atoms with E-state index in [-0.39, 0.29) is 0 Å². The van der Waals surface area contributed by atoms with Crippen molar-refractivity contribution >= 4 is 6.41 Å². The Morgan fingerprint density at radius 2 is 2.05 bits per heavy atom. The Hall–Kier alpha value is -1.31. The van der Waals surface area contributed by atoms with Crippen LogP contribution in [-0.2, 0) is 11.2 Å². The molecule has 1 heterocycles. The largest absolute Gasteiger partial charge is 0.344 e. The van der Waals surface area contributed by atoms with Crippen LogP contribution in [0.15, 0.2) is 24.3 Å². The molecule has 2 nitrogen and oxygen atoms in total. The number of hydrogen-bond donors (Lipinski definition) is 0. The summed E-state index contributed by atoms with van der Waals surface area (Å²) in [7, 11) is 0. The van der Waals surface area contributed by atoms with E-state index in [1.807, 2.05) is 4.90 Å². The Bertz CT molecular complexity index is 452. The van der Waals surface area contributed by atoms with Gasteiger partial charge in [0.1, 0.15) is 0 Å².